The van der Waals surface area contributed by atoms with Crippen molar-refractivity contribution in [2.45, 2.75) is 0 Å². The molecule has 0 radical (unpaired) electrons. The molecular weight excluding hydrogens is 362 g/mol. The van der Waals surface area contributed by atoms with Crippen molar-refractivity contribution in [3.63, 3.8) is 0 Å². The van der Waals surface area contributed by atoms with Gasteiger partial charge in [-0.1, -0.05) is 0 Å². The van der Waals surface area contributed by atoms with Crippen molar-refractivity contribution in [3.05, 3.63) is 0 Å². The number of rotatable bonds is 0. The lowest BCUT2D eigenvalue weighted by atomic mass is 10.8. The van der Waals surface area contributed by atoms with Gasteiger partial charge in [-0.2, -0.15) is 0 Å². The van der Waals surface area contributed by atoms with Crippen LogP contribution in [0.3, 0.4) is 0 Å². The summed E-state index contributed by atoms with van der Waals surface area (Å²) in [5.41, 5.74) is 0. The van der Waals surface area contributed by atoms with Crippen molar-refractivity contribution in [2.75, 3.05) is 14.1 Å². The zero-order valence-corrected chi connectivity index (χ0v) is 9.78. The van der Waals surface area contributed by atoms with Gasteiger partial charge in [0.15, 0.2) is 0 Å². The molecule has 3 amide bonds. The predicted octanol–water partition coefficient (Wildman–Crippen LogP) is 1.88. The summed E-state index contributed by atoms with van der Waals surface area (Å²) < 4.78 is 1.03. The van der Waals surface area contributed by atoms with E-state index >= 15 is 0 Å². The smallest absolute Gasteiger partial charge is 0.269 e. The van der Waals surface area contributed by atoms with Crippen molar-refractivity contribution in [1.82, 2.24) is 8.01 Å². The van der Waals surface area contributed by atoms with Crippen LogP contribution in [-0.2, 0) is 0 Å². The Morgan fingerprint density at radius 3 is 1.80 bits per heavy atom. The SMILES string of the molecule is CN(I)C(=O)N(C)C(=O)I. The molecule has 4 nitrogen and oxygen atoms in total. The molecule has 0 fully saturated rings. The van der Waals surface area contributed by atoms with E-state index < -0.39 is 0 Å². The van der Waals surface area contributed by atoms with Gasteiger partial charge in [0.25, 0.3) is 3.91 Å². The number of halogens is 2. The number of nitrogens with zero attached hydrogens (tertiary/aromatic N) is 2. The number of carbonyl (C=O) groups is 2. The molecule has 6 heteroatoms. The highest BCUT2D eigenvalue weighted by atomic mass is 127. The second-order valence-corrected chi connectivity index (χ2v) is 3.94. The van der Waals surface area contributed by atoms with Crippen LogP contribution in [0.4, 0.5) is 9.59 Å². The van der Waals surface area contributed by atoms with Gasteiger partial charge in [0.1, 0.15) is 0 Å². The summed E-state index contributed by atoms with van der Waals surface area (Å²) in [6.07, 6.45) is 0. The highest BCUT2D eigenvalue weighted by Crippen LogP contribution is 2.03. The molecule has 0 aliphatic heterocycles. The molecule has 0 aliphatic rings. The number of imide groups is 1. The van der Waals surface area contributed by atoms with E-state index in [1.807, 2.05) is 0 Å². The molecule has 58 valence electrons. The van der Waals surface area contributed by atoms with E-state index in [4.69, 9.17) is 0 Å². The van der Waals surface area contributed by atoms with Gasteiger partial charge in [0.2, 0.25) is 0 Å². The van der Waals surface area contributed by atoms with Crippen LogP contribution >= 0.6 is 45.5 Å². The molecule has 0 N–H and O–H groups in total. The third-order valence-electron chi connectivity index (χ3n) is 0.814. The summed E-state index contributed by atoms with van der Waals surface area (Å²) in [5.74, 6) is 0. The van der Waals surface area contributed by atoms with Gasteiger partial charge in [-0.15, -0.1) is 0 Å². The van der Waals surface area contributed by atoms with E-state index in [0.29, 0.717) is 0 Å². The van der Waals surface area contributed by atoms with Crippen LogP contribution in [0.15, 0.2) is 0 Å². The maximum atomic E-state index is 10.9. The first-order valence-corrected chi connectivity index (χ1v) is 4.38. The van der Waals surface area contributed by atoms with Crippen LogP contribution in [-0.4, -0.2) is 32.1 Å². The third kappa shape index (κ3) is 2.99. The van der Waals surface area contributed by atoms with Gasteiger partial charge >= 0.3 is 6.03 Å². The standard InChI is InChI=1S/C4H6I2N2O2/c1-7(3(5)9)4(10)8(2)6/h1-2H3. The second kappa shape index (κ2) is 4.31. The topological polar surface area (TPSA) is 40.6 Å². The van der Waals surface area contributed by atoms with Crippen molar-refractivity contribution >= 4 is 55.4 Å². The van der Waals surface area contributed by atoms with E-state index in [1.165, 1.54) is 10.2 Å². The minimum atomic E-state index is -0.319. The molecule has 0 heterocycles. The quantitative estimate of drug-likeness (QED) is 0.284. The van der Waals surface area contributed by atoms with Gasteiger partial charge in [0, 0.05) is 36.7 Å². The Morgan fingerprint density at radius 1 is 1.30 bits per heavy atom. The monoisotopic (exact) mass is 368 g/mol. The Morgan fingerprint density at radius 2 is 1.70 bits per heavy atom. The molecule has 0 unspecified atom stereocenters. The molecule has 0 aromatic carbocycles. The highest BCUT2D eigenvalue weighted by molar-refractivity contribution is 14.1. The van der Waals surface area contributed by atoms with Gasteiger partial charge in [-0.3, -0.25) is 12.8 Å². The average Bonchev–Trinajstić information content (AvgIpc) is 1.84. The van der Waals surface area contributed by atoms with Crippen LogP contribution in [0, 0.1) is 0 Å². The maximum absolute atomic E-state index is 10.9. The van der Waals surface area contributed by atoms with Crippen LogP contribution in [0.25, 0.3) is 0 Å². The summed E-state index contributed by atoms with van der Waals surface area (Å²) in [6.45, 7) is 0. The lowest BCUT2D eigenvalue weighted by Crippen LogP contribution is -2.34. The number of urea groups is 1. The lowest BCUT2D eigenvalue weighted by Gasteiger charge is -2.15. The van der Waals surface area contributed by atoms with Gasteiger partial charge in [0.05, 0.1) is 22.9 Å². The molecule has 0 atom stereocenters. The fraction of sp³-hybridized carbons (Fsp3) is 0.500. The second-order valence-electron chi connectivity index (χ2n) is 1.57. The average molecular weight is 368 g/mol. The Balaban J connectivity index is 4.08. The number of carbonyl (C=O) groups excluding carboxylic acids is 2. The predicted molar refractivity (Wildman–Crippen MR) is 54.4 cm³/mol. The summed E-state index contributed by atoms with van der Waals surface area (Å²) in [6, 6.07) is -0.319. The molecule has 0 rings (SSSR count). The highest BCUT2D eigenvalue weighted by Gasteiger charge is 2.15. The third-order valence-corrected chi connectivity index (χ3v) is 1.95. The van der Waals surface area contributed by atoms with Gasteiger partial charge in [-0.05, 0) is 0 Å². The van der Waals surface area contributed by atoms with E-state index in [1.54, 1.807) is 52.5 Å². The fourth-order valence-electron chi connectivity index (χ4n) is 0.282. The molecule has 0 aromatic heterocycles. The molecule has 0 saturated carbocycles. The molecular formula is C4H6I2N2O2. The van der Waals surface area contributed by atoms with Crippen LogP contribution in [0.5, 0.6) is 0 Å². The number of hydrogen-bond donors (Lipinski definition) is 0. The van der Waals surface area contributed by atoms with Crippen molar-refractivity contribution < 1.29 is 9.59 Å². The molecule has 10 heavy (non-hydrogen) atoms. The first kappa shape index (κ1) is 10.4. The van der Waals surface area contributed by atoms with Gasteiger partial charge < -0.3 is 0 Å². The van der Waals surface area contributed by atoms with Crippen molar-refractivity contribution in [1.29, 1.82) is 0 Å². The molecule has 0 aromatic rings. The first-order valence-electron chi connectivity index (χ1n) is 2.33. The first-order chi connectivity index (χ1) is 4.46. The van der Waals surface area contributed by atoms with Crippen molar-refractivity contribution in [2.24, 2.45) is 0 Å². The Hall–Kier alpha value is 0.400. The van der Waals surface area contributed by atoms with Crippen molar-refractivity contribution in [3.8, 4) is 0 Å². The van der Waals surface area contributed by atoms with E-state index in [0.717, 1.165) is 4.90 Å². The van der Waals surface area contributed by atoms with E-state index in [-0.39, 0.29) is 9.95 Å². The fourth-order valence-corrected chi connectivity index (χ4v) is 0.812. The Labute approximate surface area is 86.6 Å². The maximum Gasteiger partial charge on any atom is 0.335 e. The van der Waals surface area contributed by atoms with Gasteiger partial charge in [-0.25, -0.2) is 4.79 Å². The number of amides is 3. The largest absolute Gasteiger partial charge is 0.335 e. The van der Waals surface area contributed by atoms with Crippen LogP contribution in [0.2, 0.25) is 0 Å². The number of hydrogen-bond acceptors (Lipinski definition) is 2. The zero-order valence-electron chi connectivity index (χ0n) is 5.47. The van der Waals surface area contributed by atoms with E-state index in [9.17, 15) is 9.59 Å². The van der Waals surface area contributed by atoms with E-state index in [2.05, 4.69) is 0 Å². The zero-order chi connectivity index (χ0) is 8.31. The van der Waals surface area contributed by atoms with Crippen LogP contribution in [0.1, 0.15) is 0 Å². The lowest BCUT2D eigenvalue weighted by molar-refractivity contribution is 0.202. The molecule has 0 spiro atoms. The molecule has 0 bridgehead atoms. The minimum Gasteiger partial charge on any atom is -0.269 e. The van der Waals surface area contributed by atoms with Crippen LogP contribution < -0.4 is 0 Å². The summed E-state index contributed by atoms with van der Waals surface area (Å²) in [4.78, 5) is 22.5. The summed E-state index contributed by atoms with van der Waals surface area (Å²) in [5, 5.41) is 0. The Bertz CT molecular complexity index is 159. The normalized spacial score (nSPS) is 8.80. The Kier molecular flexibility index (Phi) is 4.49. The summed E-state index contributed by atoms with van der Waals surface area (Å²) in [7, 11) is 3.02. The summed E-state index contributed by atoms with van der Waals surface area (Å²) >= 11 is 3.36. The minimum absolute atomic E-state index is 0.286. The molecule has 0 aliphatic carbocycles. The molecule has 0 saturated heterocycles.